The molecule has 1 aliphatic rings. The van der Waals surface area contributed by atoms with E-state index in [4.69, 9.17) is 9.47 Å². The number of benzene rings is 2. The molecule has 0 radical (unpaired) electrons. The van der Waals surface area contributed by atoms with Crippen LogP contribution in [0, 0.1) is 0 Å². The minimum Gasteiger partial charge on any atom is -0.491 e. The largest absolute Gasteiger partial charge is 0.491 e. The van der Waals surface area contributed by atoms with E-state index >= 15 is 0 Å². The van der Waals surface area contributed by atoms with Gasteiger partial charge in [0.2, 0.25) is 0 Å². The van der Waals surface area contributed by atoms with Crippen molar-refractivity contribution in [1.82, 2.24) is 0 Å². The SMILES string of the molecule is CC1(C(=O)OCc2ccccc2)COc2c(Br)cccc21. The summed E-state index contributed by atoms with van der Waals surface area (Å²) >= 11 is 3.45. The molecule has 4 heteroatoms. The van der Waals surface area contributed by atoms with Crippen molar-refractivity contribution in [3.05, 3.63) is 64.1 Å². The van der Waals surface area contributed by atoms with E-state index in [1.807, 2.05) is 55.5 Å². The Kier molecular flexibility index (Phi) is 3.72. The number of carbonyl (C=O) groups is 1. The fourth-order valence-electron chi connectivity index (χ4n) is 2.44. The third-order valence-electron chi connectivity index (χ3n) is 3.73. The van der Waals surface area contributed by atoms with Gasteiger partial charge < -0.3 is 9.47 Å². The molecule has 1 unspecified atom stereocenters. The van der Waals surface area contributed by atoms with Crippen molar-refractivity contribution < 1.29 is 14.3 Å². The summed E-state index contributed by atoms with van der Waals surface area (Å²) in [5.41, 5.74) is 1.09. The molecule has 3 nitrogen and oxygen atoms in total. The highest BCUT2D eigenvalue weighted by Gasteiger charge is 2.45. The number of carbonyl (C=O) groups excluding carboxylic acids is 1. The maximum absolute atomic E-state index is 12.5. The van der Waals surface area contributed by atoms with Crippen LogP contribution in [0.2, 0.25) is 0 Å². The lowest BCUT2D eigenvalue weighted by Crippen LogP contribution is -2.35. The fourth-order valence-corrected chi connectivity index (χ4v) is 2.92. The molecule has 0 N–H and O–H groups in total. The first-order chi connectivity index (χ1) is 10.1. The molecule has 3 rings (SSSR count). The summed E-state index contributed by atoms with van der Waals surface area (Å²) in [5, 5.41) is 0. The number of para-hydroxylation sites is 1. The van der Waals surface area contributed by atoms with E-state index in [2.05, 4.69) is 15.9 Å². The second-order valence-electron chi connectivity index (χ2n) is 5.30. The molecule has 1 atom stereocenters. The molecular formula is C17H15BrO3. The predicted molar refractivity (Wildman–Crippen MR) is 83.2 cm³/mol. The first-order valence-electron chi connectivity index (χ1n) is 6.74. The zero-order chi connectivity index (χ0) is 14.9. The van der Waals surface area contributed by atoms with Gasteiger partial charge in [0.15, 0.2) is 0 Å². The number of hydrogen-bond donors (Lipinski definition) is 0. The summed E-state index contributed by atoms with van der Waals surface area (Å²) < 4.78 is 12.0. The minimum atomic E-state index is -0.756. The van der Waals surface area contributed by atoms with Gasteiger partial charge in [0, 0.05) is 5.56 Å². The molecule has 0 aliphatic carbocycles. The second-order valence-corrected chi connectivity index (χ2v) is 6.15. The predicted octanol–water partition coefficient (Wildman–Crippen LogP) is 3.84. The highest BCUT2D eigenvalue weighted by atomic mass is 79.9. The summed E-state index contributed by atoms with van der Waals surface area (Å²) in [6, 6.07) is 15.4. The van der Waals surface area contributed by atoms with Crippen LogP contribution in [0.5, 0.6) is 5.75 Å². The van der Waals surface area contributed by atoms with Crippen molar-refractivity contribution in [2.45, 2.75) is 18.9 Å². The Labute approximate surface area is 132 Å². The van der Waals surface area contributed by atoms with Crippen LogP contribution in [0.25, 0.3) is 0 Å². The molecule has 0 fully saturated rings. The third-order valence-corrected chi connectivity index (χ3v) is 4.35. The average molecular weight is 347 g/mol. The van der Waals surface area contributed by atoms with Gasteiger partial charge in [-0.05, 0) is 34.5 Å². The molecule has 2 aromatic carbocycles. The van der Waals surface area contributed by atoms with E-state index in [9.17, 15) is 4.79 Å². The number of rotatable bonds is 3. The molecule has 0 saturated carbocycles. The highest BCUT2D eigenvalue weighted by Crippen LogP contribution is 2.43. The quantitative estimate of drug-likeness (QED) is 0.792. The molecule has 2 aromatic rings. The summed E-state index contributed by atoms with van der Waals surface area (Å²) in [6.07, 6.45) is 0. The van der Waals surface area contributed by atoms with Crippen LogP contribution in [-0.2, 0) is 21.6 Å². The first-order valence-corrected chi connectivity index (χ1v) is 7.53. The Morgan fingerprint density at radius 2 is 2.00 bits per heavy atom. The lowest BCUT2D eigenvalue weighted by Gasteiger charge is -2.20. The molecule has 108 valence electrons. The van der Waals surface area contributed by atoms with Crippen molar-refractivity contribution in [3.63, 3.8) is 0 Å². The first kappa shape index (κ1) is 14.1. The summed E-state index contributed by atoms with van der Waals surface area (Å²) in [6.45, 7) is 2.44. The van der Waals surface area contributed by atoms with Gasteiger partial charge in [-0.25, -0.2) is 0 Å². The molecule has 0 spiro atoms. The molecule has 0 aromatic heterocycles. The van der Waals surface area contributed by atoms with E-state index in [1.165, 1.54) is 0 Å². The molecule has 0 bridgehead atoms. The molecule has 0 saturated heterocycles. The van der Waals surface area contributed by atoms with Crippen LogP contribution in [-0.4, -0.2) is 12.6 Å². The molecule has 0 amide bonds. The van der Waals surface area contributed by atoms with Gasteiger partial charge in [0.1, 0.15) is 24.4 Å². The lowest BCUT2D eigenvalue weighted by atomic mass is 9.85. The normalized spacial score (nSPS) is 19.7. The van der Waals surface area contributed by atoms with E-state index in [0.717, 1.165) is 21.3 Å². The molecule has 1 aliphatic heterocycles. The van der Waals surface area contributed by atoms with E-state index in [-0.39, 0.29) is 12.6 Å². The second kappa shape index (κ2) is 5.53. The molecule has 1 heterocycles. The van der Waals surface area contributed by atoms with Crippen LogP contribution in [0.1, 0.15) is 18.1 Å². The lowest BCUT2D eigenvalue weighted by molar-refractivity contribution is -0.151. The number of halogens is 1. The van der Waals surface area contributed by atoms with Crippen LogP contribution in [0.15, 0.2) is 53.0 Å². The van der Waals surface area contributed by atoms with Gasteiger partial charge in [-0.2, -0.15) is 0 Å². The van der Waals surface area contributed by atoms with Gasteiger partial charge in [-0.1, -0.05) is 42.5 Å². The van der Waals surface area contributed by atoms with Gasteiger partial charge in [0.25, 0.3) is 0 Å². The van der Waals surface area contributed by atoms with Crippen LogP contribution in [0.4, 0.5) is 0 Å². The topological polar surface area (TPSA) is 35.5 Å². The van der Waals surface area contributed by atoms with Gasteiger partial charge in [-0.15, -0.1) is 0 Å². The van der Waals surface area contributed by atoms with Crippen molar-refractivity contribution in [2.24, 2.45) is 0 Å². The summed E-state index contributed by atoms with van der Waals surface area (Å²) in [5.74, 6) is 0.472. The average Bonchev–Trinajstić information content (AvgIpc) is 2.86. The zero-order valence-electron chi connectivity index (χ0n) is 11.6. The van der Waals surface area contributed by atoms with Gasteiger partial charge in [0.05, 0.1) is 4.47 Å². The third kappa shape index (κ3) is 2.56. The van der Waals surface area contributed by atoms with E-state index in [0.29, 0.717) is 6.61 Å². The van der Waals surface area contributed by atoms with Crippen molar-refractivity contribution in [1.29, 1.82) is 0 Å². The molecule has 21 heavy (non-hydrogen) atoms. The van der Waals surface area contributed by atoms with E-state index in [1.54, 1.807) is 0 Å². The van der Waals surface area contributed by atoms with Crippen LogP contribution < -0.4 is 4.74 Å². The minimum absolute atomic E-state index is 0.261. The standard InChI is InChI=1S/C17H15BrO3/c1-17(11-21-15-13(17)8-5-9-14(15)18)16(19)20-10-12-6-3-2-4-7-12/h2-9H,10-11H2,1H3. The number of fused-ring (bicyclic) bond motifs is 1. The maximum atomic E-state index is 12.5. The number of ether oxygens (including phenoxy) is 2. The van der Waals surface area contributed by atoms with Crippen LogP contribution in [0.3, 0.4) is 0 Å². The Morgan fingerprint density at radius 3 is 2.76 bits per heavy atom. The van der Waals surface area contributed by atoms with Crippen molar-refractivity contribution >= 4 is 21.9 Å². The summed E-state index contributed by atoms with van der Waals surface area (Å²) in [7, 11) is 0. The highest BCUT2D eigenvalue weighted by molar-refractivity contribution is 9.10. The maximum Gasteiger partial charge on any atom is 0.320 e. The van der Waals surface area contributed by atoms with Gasteiger partial charge >= 0.3 is 5.97 Å². The summed E-state index contributed by atoms with van der Waals surface area (Å²) in [4.78, 5) is 12.5. The molecular weight excluding hydrogens is 332 g/mol. The fraction of sp³-hybridized carbons (Fsp3) is 0.235. The van der Waals surface area contributed by atoms with Crippen molar-refractivity contribution in [3.8, 4) is 5.75 Å². The Hall–Kier alpha value is -1.81. The Balaban J connectivity index is 1.78. The van der Waals surface area contributed by atoms with Crippen LogP contribution >= 0.6 is 15.9 Å². The Bertz CT molecular complexity index is 669. The zero-order valence-corrected chi connectivity index (χ0v) is 13.2. The van der Waals surface area contributed by atoms with Crippen molar-refractivity contribution in [2.75, 3.05) is 6.61 Å². The smallest absolute Gasteiger partial charge is 0.320 e. The van der Waals surface area contributed by atoms with E-state index < -0.39 is 5.41 Å². The van der Waals surface area contributed by atoms with Gasteiger partial charge in [-0.3, -0.25) is 4.79 Å². The number of esters is 1. The Morgan fingerprint density at radius 1 is 1.24 bits per heavy atom. The number of hydrogen-bond acceptors (Lipinski definition) is 3. The monoisotopic (exact) mass is 346 g/mol.